The van der Waals surface area contributed by atoms with Crippen molar-refractivity contribution in [2.45, 2.75) is 50.9 Å². The lowest BCUT2D eigenvalue weighted by Gasteiger charge is -2.17. The highest BCUT2D eigenvalue weighted by molar-refractivity contribution is 7.99. The van der Waals surface area contributed by atoms with Crippen LogP contribution in [0.1, 0.15) is 50.1 Å². The minimum atomic E-state index is 0.425. The minimum Gasteiger partial charge on any atom is -0.423 e. The lowest BCUT2D eigenvalue weighted by atomic mass is 10.2. The molecule has 1 aliphatic heterocycles. The molecule has 1 N–H and O–H groups in total. The van der Waals surface area contributed by atoms with Crippen LogP contribution in [0.2, 0.25) is 0 Å². The second-order valence-corrected chi connectivity index (χ2v) is 5.74. The zero-order valence-electron chi connectivity index (χ0n) is 9.90. The smallest absolute Gasteiger partial charge is 0.230 e. The van der Waals surface area contributed by atoms with E-state index in [1.165, 1.54) is 25.0 Å². The van der Waals surface area contributed by atoms with Gasteiger partial charge < -0.3 is 9.73 Å². The molecule has 0 bridgehead atoms. The Morgan fingerprint density at radius 2 is 2.31 bits per heavy atom. The van der Waals surface area contributed by atoms with Crippen molar-refractivity contribution >= 4 is 11.8 Å². The Bertz CT molecular complexity index is 321. The van der Waals surface area contributed by atoms with Crippen LogP contribution in [-0.2, 0) is 6.54 Å². The predicted molar refractivity (Wildman–Crippen MR) is 65.3 cm³/mol. The largest absolute Gasteiger partial charge is 0.423 e. The predicted octanol–water partition coefficient (Wildman–Crippen LogP) is 2.53. The van der Waals surface area contributed by atoms with E-state index in [-0.39, 0.29) is 0 Å². The highest BCUT2D eigenvalue weighted by Gasteiger charge is 2.21. The Kier molecular flexibility index (Phi) is 4.23. The van der Waals surface area contributed by atoms with Crippen molar-refractivity contribution in [3.8, 4) is 0 Å². The number of hydrogen-bond donors (Lipinski definition) is 1. The summed E-state index contributed by atoms with van der Waals surface area (Å²) in [6.07, 6.45) is 3.76. The van der Waals surface area contributed by atoms with E-state index in [9.17, 15) is 0 Å². The summed E-state index contributed by atoms with van der Waals surface area (Å²) in [7, 11) is 0. The molecule has 0 spiro atoms. The number of aromatic nitrogens is 2. The lowest BCUT2D eigenvalue weighted by molar-refractivity contribution is 0.412. The van der Waals surface area contributed by atoms with Gasteiger partial charge in [-0.1, -0.05) is 20.3 Å². The molecule has 4 nitrogen and oxygen atoms in total. The molecule has 90 valence electrons. The third kappa shape index (κ3) is 3.22. The quantitative estimate of drug-likeness (QED) is 0.878. The van der Waals surface area contributed by atoms with E-state index in [2.05, 4.69) is 29.4 Å². The third-order valence-corrected chi connectivity index (χ3v) is 3.96. The van der Waals surface area contributed by atoms with Crippen LogP contribution in [0, 0.1) is 0 Å². The third-order valence-electron chi connectivity index (χ3n) is 2.60. The zero-order valence-corrected chi connectivity index (χ0v) is 10.7. The first-order valence-corrected chi connectivity index (χ1v) is 6.98. The van der Waals surface area contributed by atoms with Crippen molar-refractivity contribution in [1.29, 1.82) is 0 Å². The van der Waals surface area contributed by atoms with Crippen LogP contribution < -0.4 is 5.32 Å². The van der Waals surface area contributed by atoms with Gasteiger partial charge in [0.2, 0.25) is 11.8 Å². The Balaban J connectivity index is 1.90. The van der Waals surface area contributed by atoms with Gasteiger partial charge >= 0.3 is 0 Å². The van der Waals surface area contributed by atoms with Crippen LogP contribution in [0.4, 0.5) is 0 Å². The monoisotopic (exact) mass is 241 g/mol. The van der Waals surface area contributed by atoms with E-state index in [0.29, 0.717) is 23.7 Å². The average molecular weight is 241 g/mol. The number of nitrogens with zero attached hydrogens (tertiary/aromatic N) is 2. The molecule has 0 saturated carbocycles. The van der Waals surface area contributed by atoms with Crippen molar-refractivity contribution in [2.24, 2.45) is 0 Å². The first-order chi connectivity index (χ1) is 7.75. The van der Waals surface area contributed by atoms with Gasteiger partial charge in [0, 0.05) is 6.04 Å². The molecule has 1 aliphatic rings. The van der Waals surface area contributed by atoms with Gasteiger partial charge in [0.05, 0.1) is 11.8 Å². The van der Waals surface area contributed by atoms with E-state index in [1.807, 2.05) is 11.8 Å². The molecule has 1 aromatic heterocycles. The minimum absolute atomic E-state index is 0.425. The topological polar surface area (TPSA) is 51.0 Å². The molecule has 1 fully saturated rings. The molecule has 1 saturated heterocycles. The Morgan fingerprint density at radius 1 is 1.44 bits per heavy atom. The van der Waals surface area contributed by atoms with Gasteiger partial charge in [-0.25, -0.2) is 0 Å². The van der Waals surface area contributed by atoms with Crippen molar-refractivity contribution in [1.82, 2.24) is 15.5 Å². The molecule has 1 unspecified atom stereocenters. The van der Waals surface area contributed by atoms with Crippen LogP contribution in [0.15, 0.2) is 4.42 Å². The van der Waals surface area contributed by atoms with Gasteiger partial charge in [0.15, 0.2) is 0 Å². The summed E-state index contributed by atoms with van der Waals surface area (Å²) in [5.41, 5.74) is 0. The number of hydrogen-bond acceptors (Lipinski definition) is 5. The molecule has 16 heavy (non-hydrogen) atoms. The van der Waals surface area contributed by atoms with Crippen molar-refractivity contribution < 1.29 is 4.42 Å². The summed E-state index contributed by atoms with van der Waals surface area (Å²) in [5, 5.41) is 11.9. The average Bonchev–Trinajstić information content (AvgIpc) is 2.76. The number of rotatable bonds is 4. The van der Waals surface area contributed by atoms with E-state index in [4.69, 9.17) is 4.42 Å². The Labute approximate surface area is 101 Å². The van der Waals surface area contributed by atoms with E-state index >= 15 is 0 Å². The van der Waals surface area contributed by atoms with Gasteiger partial charge in [0.25, 0.3) is 0 Å². The zero-order chi connectivity index (χ0) is 11.4. The van der Waals surface area contributed by atoms with E-state index in [0.717, 1.165) is 5.89 Å². The van der Waals surface area contributed by atoms with Gasteiger partial charge in [-0.15, -0.1) is 22.0 Å². The van der Waals surface area contributed by atoms with Crippen LogP contribution in [0.5, 0.6) is 0 Å². The fourth-order valence-electron chi connectivity index (χ4n) is 1.70. The highest BCUT2D eigenvalue weighted by atomic mass is 32.2. The second kappa shape index (κ2) is 5.68. The number of nitrogens with one attached hydrogen (secondary N) is 1. The first-order valence-electron chi connectivity index (χ1n) is 5.93. The van der Waals surface area contributed by atoms with Gasteiger partial charge in [-0.2, -0.15) is 0 Å². The molecule has 0 aromatic carbocycles. The van der Waals surface area contributed by atoms with Crippen LogP contribution in [0.3, 0.4) is 0 Å². The van der Waals surface area contributed by atoms with Crippen LogP contribution in [0.25, 0.3) is 0 Å². The molecule has 2 rings (SSSR count). The van der Waals surface area contributed by atoms with Gasteiger partial charge in [-0.05, 0) is 18.6 Å². The molecule has 0 amide bonds. The summed E-state index contributed by atoms with van der Waals surface area (Å²) in [5.74, 6) is 2.73. The summed E-state index contributed by atoms with van der Waals surface area (Å²) in [6, 6.07) is 0.444. The summed E-state index contributed by atoms with van der Waals surface area (Å²) in [6.45, 7) is 4.88. The van der Waals surface area contributed by atoms with Gasteiger partial charge in [-0.3, -0.25) is 0 Å². The van der Waals surface area contributed by atoms with Crippen LogP contribution >= 0.6 is 11.8 Å². The molecule has 0 radical (unpaired) electrons. The van der Waals surface area contributed by atoms with Crippen molar-refractivity contribution in [3.05, 3.63) is 11.8 Å². The molecule has 1 atom stereocenters. The van der Waals surface area contributed by atoms with Gasteiger partial charge in [0.1, 0.15) is 0 Å². The molecule has 1 aromatic rings. The SMILES string of the molecule is CC(C)NCc1nnc(C2CCCCS2)o1. The molecule has 0 aliphatic carbocycles. The van der Waals surface area contributed by atoms with E-state index < -0.39 is 0 Å². The first kappa shape index (κ1) is 11.9. The van der Waals surface area contributed by atoms with Crippen molar-refractivity contribution in [2.75, 3.05) is 5.75 Å². The standard InChI is InChI=1S/C11H19N3OS/c1-8(2)12-7-10-13-14-11(15-10)9-5-3-4-6-16-9/h8-9,12H,3-7H2,1-2H3. The Morgan fingerprint density at radius 3 is 3.00 bits per heavy atom. The van der Waals surface area contributed by atoms with Crippen molar-refractivity contribution in [3.63, 3.8) is 0 Å². The van der Waals surface area contributed by atoms with E-state index in [1.54, 1.807) is 0 Å². The maximum absolute atomic E-state index is 5.67. The summed E-state index contributed by atoms with van der Waals surface area (Å²) >= 11 is 1.94. The Hall–Kier alpha value is -0.550. The number of thioether (sulfide) groups is 1. The fraction of sp³-hybridized carbons (Fsp3) is 0.818. The second-order valence-electron chi connectivity index (χ2n) is 4.42. The molecular formula is C11H19N3OS. The fourth-order valence-corrected chi connectivity index (χ4v) is 2.92. The molecule has 2 heterocycles. The summed E-state index contributed by atoms with van der Waals surface area (Å²) < 4.78 is 5.67. The highest BCUT2D eigenvalue weighted by Crippen LogP contribution is 2.37. The normalized spacial score (nSPS) is 21.6. The van der Waals surface area contributed by atoms with Crippen LogP contribution in [-0.4, -0.2) is 22.0 Å². The maximum atomic E-state index is 5.67. The lowest BCUT2D eigenvalue weighted by Crippen LogP contribution is -2.21. The summed E-state index contributed by atoms with van der Waals surface area (Å²) in [4.78, 5) is 0. The maximum Gasteiger partial charge on any atom is 0.230 e. The molecular weight excluding hydrogens is 222 g/mol. The molecule has 5 heteroatoms.